The molecule has 0 aromatic heterocycles. The Labute approximate surface area is 281 Å². The highest BCUT2D eigenvalue weighted by atomic mass is 19.1. The maximum Gasteiger partial charge on any atom is 0.133 e. The van der Waals surface area contributed by atoms with Crippen LogP contribution in [0.2, 0.25) is 0 Å². The van der Waals surface area contributed by atoms with Crippen LogP contribution in [0, 0.1) is 5.92 Å². The van der Waals surface area contributed by atoms with Gasteiger partial charge in [0.1, 0.15) is 24.6 Å². The minimum Gasteiger partial charge on any atom is -0.490 e. The van der Waals surface area contributed by atoms with Crippen molar-refractivity contribution in [3.63, 3.8) is 0 Å². The number of alkyl halides is 1. The van der Waals surface area contributed by atoms with Crippen molar-refractivity contribution in [3.05, 3.63) is 138 Å². The zero-order chi connectivity index (χ0) is 32.2. The van der Waals surface area contributed by atoms with E-state index in [9.17, 15) is 5.11 Å². The Bertz CT molecular complexity index is 2070. The lowest BCUT2D eigenvalue weighted by Gasteiger charge is -2.40. The highest BCUT2D eigenvalue weighted by Crippen LogP contribution is 2.55. The Balaban J connectivity index is 0.918. The van der Waals surface area contributed by atoms with Gasteiger partial charge in [0.15, 0.2) is 0 Å². The van der Waals surface area contributed by atoms with Crippen molar-refractivity contribution in [1.82, 2.24) is 9.80 Å². The summed E-state index contributed by atoms with van der Waals surface area (Å²) in [4.78, 5) is 4.88. The summed E-state index contributed by atoms with van der Waals surface area (Å²) < 4.78 is 22.8. The molecule has 2 aliphatic carbocycles. The van der Waals surface area contributed by atoms with Crippen LogP contribution < -0.4 is 4.74 Å². The zero-order valence-electron chi connectivity index (χ0n) is 27.1. The van der Waals surface area contributed by atoms with Gasteiger partial charge in [-0.25, -0.2) is 4.39 Å². The Kier molecular flexibility index (Phi) is 7.64. The summed E-state index contributed by atoms with van der Waals surface area (Å²) >= 11 is 0. The third-order valence-electron chi connectivity index (χ3n) is 11.1. The van der Waals surface area contributed by atoms with E-state index in [4.69, 9.17) is 4.74 Å². The molecule has 6 aromatic rings. The lowest BCUT2D eigenvalue weighted by Crippen LogP contribution is -2.50. The van der Waals surface area contributed by atoms with Gasteiger partial charge in [-0.1, -0.05) is 109 Å². The van der Waals surface area contributed by atoms with E-state index in [1.807, 2.05) is 24.3 Å². The number of benzene rings is 6. The molecule has 2 fully saturated rings. The molecular weight excluding hydrogens is 595 g/mol. The molecule has 0 amide bonds. The lowest BCUT2D eigenvalue weighted by molar-refractivity contribution is 0.0403. The zero-order valence-corrected chi connectivity index (χ0v) is 27.1. The topological polar surface area (TPSA) is 35.9 Å². The first-order valence-electron chi connectivity index (χ1n) is 17.6. The third kappa shape index (κ3) is 5.16. The van der Waals surface area contributed by atoms with Crippen molar-refractivity contribution >= 4 is 32.3 Å². The molecule has 5 heteroatoms. The molecule has 9 rings (SSSR count). The number of piperazine rings is 1. The predicted octanol–water partition coefficient (Wildman–Crippen LogP) is 8.81. The minimum absolute atomic E-state index is 0.0343. The molecular formula is C43H41FN2O2. The van der Waals surface area contributed by atoms with Gasteiger partial charge < -0.3 is 9.84 Å². The van der Waals surface area contributed by atoms with Gasteiger partial charge in [-0.2, -0.15) is 0 Å². The number of hydrogen-bond donors (Lipinski definition) is 1. The van der Waals surface area contributed by atoms with Crippen molar-refractivity contribution in [2.45, 2.75) is 37.1 Å². The summed E-state index contributed by atoms with van der Waals surface area (Å²) in [5, 5.41) is 18.3. The van der Waals surface area contributed by atoms with Crippen molar-refractivity contribution in [2.24, 2.45) is 5.92 Å². The van der Waals surface area contributed by atoms with E-state index in [2.05, 4.69) is 101 Å². The van der Waals surface area contributed by atoms with Gasteiger partial charge in [0.05, 0.1) is 6.04 Å². The first-order valence-corrected chi connectivity index (χ1v) is 17.6. The number of aliphatic hydroxyl groups excluding tert-OH is 1. The lowest BCUT2D eigenvalue weighted by atomic mass is 9.85. The smallest absolute Gasteiger partial charge is 0.133 e. The first-order chi connectivity index (χ1) is 23.7. The molecule has 1 saturated carbocycles. The van der Waals surface area contributed by atoms with Crippen LogP contribution >= 0.6 is 0 Å². The fourth-order valence-corrected chi connectivity index (χ4v) is 8.72. The number of aliphatic hydroxyl groups is 1. The van der Waals surface area contributed by atoms with Crippen LogP contribution in [-0.4, -0.2) is 60.3 Å². The number of halogens is 1. The van der Waals surface area contributed by atoms with Crippen LogP contribution in [0.1, 0.15) is 53.2 Å². The molecule has 6 aromatic carbocycles. The maximum atomic E-state index is 16.4. The van der Waals surface area contributed by atoms with Crippen LogP contribution in [0.25, 0.3) is 32.3 Å². The SMILES string of the molecule is O[C@H](COc1cccc2c3ccccc3c3ccccc3c12)CN1CCN(C2c3ccccc3C(F)C(C3CC3)c3ccccc32)CC1. The normalized spacial score (nSPS) is 22.3. The summed E-state index contributed by atoms with van der Waals surface area (Å²) in [5.74, 6) is 1.17. The standard InChI is InChI=1S/C43H41FN2O2/c44-42-36-15-6-8-17-38(36)43(37-16-7-5-14-35(37)40(42)28-20-21-28)46-24-22-45(23-25-46)26-29(47)27-48-39-19-9-18-34-32-11-2-1-10-30(32)31-12-3-4-13-33(31)41(34)39/h1-19,28-29,40,42-43,47H,20-27H2/t29-,40?,42?,43?/m0/s1. The van der Waals surface area contributed by atoms with Crippen molar-refractivity contribution < 1.29 is 14.2 Å². The van der Waals surface area contributed by atoms with Crippen LogP contribution in [0.5, 0.6) is 5.75 Å². The summed E-state index contributed by atoms with van der Waals surface area (Å²) in [6.07, 6.45) is 0.634. The van der Waals surface area contributed by atoms with Crippen LogP contribution in [0.4, 0.5) is 4.39 Å². The van der Waals surface area contributed by atoms with E-state index < -0.39 is 12.3 Å². The Hall–Kier alpha value is -4.29. The minimum atomic E-state index is -0.977. The number of rotatable bonds is 7. The van der Waals surface area contributed by atoms with Gasteiger partial charge in [0.25, 0.3) is 0 Å². The van der Waals surface area contributed by atoms with E-state index in [-0.39, 0.29) is 18.6 Å². The van der Waals surface area contributed by atoms with E-state index in [1.54, 1.807) is 0 Å². The predicted molar refractivity (Wildman–Crippen MR) is 193 cm³/mol. The monoisotopic (exact) mass is 636 g/mol. The molecule has 1 aliphatic heterocycles. The van der Waals surface area contributed by atoms with E-state index in [0.717, 1.165) is 72.1 Å². The summed E-state index contributed by atoms with van der Waals surface area (Å²) in [5.41, 5.74) is 4.43. The third-order valence-corrected chi connectivity index (χ3v) is 11.1. The van der Waals surface area contributed by atoms with Crippen molar-refractivity contribution in [2.75, 3.05) is 39.3 Å². The molecule has 4 nitrogen and oxygen atoms in total. The van der Waals surface area contributed by atoms with Gasteiger partial charge >= 0.3 is 0 Å². The van der Waals surface area contributed by atoms with Gasteiger partial charge in [0, 0.05) is 44.0 Å². The molecule has 0 spiro atoms. The van der Waals surface area contributed by atoms with Crippen LogP contribution in [0.15, 0.2) is 115 Å². The van der Waals surface area contributed by atoms with Gasteiger partial charge in [-0.05, 0) is 74.0 Å². The second-order valence-electron chi connectivity index (χ2n) is 14.0. The molecule has 242 valence electrons. The molecule has 0 radical (unpaired) electrons. The molecule has 1 N–H and O–H groups in total. The van der Waals surface area contributed by atoms with Gasteiger partial charge in [-0.3, -0.25) is 9.80 Å². The number of fused-ring (bicyclic) bond motifs is 8. The second kappa shape index (κ2) is 12.3. The molecule has 3 unspecified atom stereocenters. The quantitative estimate of drug-likeness (QED) is 0.178. The van der Waals surface area contributed by atoms with Crippen LogP contribution in [-0.2, 0) is 0 Å². The Morgan fingerprint density at radius 1 is 0.625 bits per heavy atom. The largest absolute Gasteiger partial charge is 0.490 e. The van der Waals surface area contributed by atoms with Crippen LogP contribution in [0.3, 0.4) is 0 Å². The fourth-order valence-electron chi connectivity index (χ4n) is 8.72. The molecule has 0 bridgehead atoms. The van der Waals surface area contributed by atoms with Gasteiger partial charge in [-0.15, -0.1) is 0 Å². The summed E-state index contributed by atoms with van der Waals surface area (Å²) in [7, 11) is 0. The molecule has 3 aliphatic rings. The number of nitrogens with zero attached hydrogens (tertiary/aromatic N) is 2. The average Bonchev–Trinajstić information content (AvgIpc) is 3.98. The molecule has 1 saturated heterocycles. The van der Waals surface area contributed by atoms with Crippen molar-refractivity contribution in [3.8, 4) is 5.75 Å². The number of hydrogen-bond acceptors (Lipinski definition) is 4. The van der Waals surface area contributed by atoms with E-state index >= 15 is 4.39 Å². The van der Waals surface area contributed by atoms with Crippen molar-refractivity contribution in [1.29, 1.82) is 0 Å². The Morgan fingerprint density at radius 2 is 1.15 bits per heavy atom. The van der Waals surface area contributed by atoms with E-state index in [0.29, 0.717) is 12.5 Å². The molecule has 1 heterocycles. The fraction of sp³-hybridized carbons (Fsp3) is 0.302. The van der Waals surface area contributed by atoms with Gasteiger partial charge in [0.2, 0.25) is 0 Å². The second-order valence-corrected chi connectivity index (χ2v) is 14.0. The highest BCUT2D eigenvalue weighted by molar-refractivity contribution is 6.26. The highest BCUT2D eigenvalue weighted by Gasteiger charge is 2.44. The average molecular weight is 637 g/mol. The first kappa shape index (κ1) is 29.8. The summed E-state index contributed by atoms with van der Waals surface area (Å²) in [6, 6.07) is 40.1. The van der Waals surface area contributed by atoms with E-state index in [1.165, 1.54) is 27.3 Å². The summed E-state index contributed by atoms with van der Waals surface area (Å²) in [6.45, 7) is 4.17. The molecule has 4 atom stereocenters. The molecule has 48 heavy (non-hydrogen) atoms. The number of β-amino-alcohol motifs (C(OH)–C–C–N with tert-alkyl or cyclic N) is 1. The maximum absolute atomic E-state index is 16.4. The Morgan fingerprint density at radius 3 is 1.79 bits per heavy atom. The number of ether oxygens (including phenoxy) is 1.